The van der Waals surface area contributed by atoms with Gasteiger partial charge in [0.15, 0.2) is 0 Å². The van der Waals surface area contributed by atoms with E-state index in [1.165, 1.54) is 30.3 Å². The standard InChI is InChI=1S/C16H9ClN2O6/c17-11-3-1-7(15(22)23)5-9(11)12-4-2-8(25-12)6-10-13(20)18-16(24)19-14(10)21/h1-6H,(H,22,23)(H2,18,19,20,21,24). The highest BCUT2D eigenvalue weighted by atomic mass is 35.5. The lowest BCUT2D eigenvalue weighted by Crippen LogP contribution is -2.51. The topological polar surface area (TPSA) is 126 Å². The largest absolute Gasteiger partial charge is 0.478 e. The molecule has 2 heterocycles. The van der Waals surface area contributed by atoms with E-state index in [2.05, 4.69) is 0 Å². The van der Waals surface area contributed by atoms with Crippen molar-refractivity contribution >= 4 is 41.5 Å². The zero-order valence-corrected chi connectivity index (χ0v) is 13.1. The number of imide groups is 2. The van der Waals surface area contributed by atoms with Crippen LogP contribution in [0.2, 0.25) is 5.02 Å². The van der Waals surface area contributed by atoms with Crippen molar-refractivity contribution in [3.63, 3.8) is 0 Å². The maximum Gasteiger partial charge on any atom is 0.335 e. The fourth-order valence-corrected chi connectivity index (χ4v) is 2.38. The molecule has 9 heteroatoms. The molecule has 3 rings (SSSR count). The molecule has 8 nitrogen and oxygen atoms in total. The van der Waals surface area contributed by atoms with Gasteiger partial charge in [-0.1, -0.05) is 11.6 Å². The molecule has 4 amide bonds. The van der Waals surface area contributed by atoms with Crippen molar-refractivity contribution in [2.45, 2.75) is 0 Å². The first kappa shape index (κ1) is 16.5. The van der Waals surface area contributed by atoms with E-state index >= 15 is 0 Å². The van der Waals surface area contributed by atoms with Crippen LogP contribution in [0.15, 0.2) is 40.3 Å². The third-order valence-electron chi connectivity index (χ3n) is 3.34. The van der Waals surface area contributed by atoms with Crippen LogP contribution >= 0.6 is 11.6 Å². The summed E-state index contributed by atoms with van der Waals surface area (Å²) in [5.41, 5.74) is 0.0741. The smallest absolute Gasteiger partial charge is 0.335 e. The molecule has 0 aliphatic carbocycles. The molecule has 0 bridgehead atoms. The predicted octanol–water partition coefficient (Wildman–Crippen LogP) is 2.05. The van der Waals surface area contributed by atoms with Gasteiger partial charge in [-0.2, -0.15) is 0 Å². The monoisotopic (exact) mass is 360 g/mol. The molecule has 1 aromatic heterocycles. The van der Waals surface area contributed by atoms with Gasteiger partial charge in [0.1, 0.15) is 17.1 Å². The van der Waals surface area contributed by atoms with E-state index in [1.807, 2.05) is 10.6 Å². The van der Waals surface area contributed by atoms with Crippen LogP contribution in [0.5, 0.6) is 0 Å². The molecule has 0 unspecified atom stereocenters. The summed E-state index contributed by atoms with van der Waals surface area (Å²) in [4.78, 5) is 45.4. The summed E-state index contributed by atoms with van der Waals surface area (Å²) in [7, 11) is 0. The highest BCUT2D eigenvalue weighted by Crippen LogP contribution is 2.31. The normalized spacial score (nSPS) is 14.1. The van der Waals surface area contributed by atoms with Crippen molar-refractivity contribution < 1.29 is 28.7 Å². The van der Waals surface area contributed by atoms with Crippen LogP contribution in [0.3, 0.4) is 0 Å². The molecule has 1 aliphatic rings. The third kappa shape index (κ3) is 3.29. The zero-order valence-electron chi connectivity index (χ0n) is 12.3. The van der Waals surface area contributed by atoms with Crippen molar-refractivity contribution in [2.75, 3.05) is 0 Å². The number of hydrogen-bond acceptors (Lipinski definition) is 5. The van der Waals surface area contributed by atoms with E-state index in [0.29, 0.717) is 5.56 Å². The van der Waals surface area contributed by atoms with Crippen LogP contribution in [-0.2, 0) is 9.59 Å². The SMILES string of the molecule is O=C1NC(=O)C(=Cc2ccc(-c3cc(C(=O)O)ccc3Cl)o2)C(=O)N1. The number of carboxylic acids is 1. The van der Waals surface area contributed by atoms with E-state index in [4.69, 9.17) is 21.1 Å². The quantitative estimate of drug-likeness (QED) is 0.568. The van der Waals surface area contributed by atoms with E-state index < -0.39 is 23.8 Å². The number of halogens is 1. The Morgan fingerprint density at radius 2 is 1.76 bits per heavy atom. The number of amides is 4. The average molecular weight is 361 g/mol. The second kappa shape index (κ2) is 6.25. The van der Waals surface area contributed by atoms with E-state index in [1.54, 1.807) is 0 Å². The van der Waals surface area contributed by atoms with Gasteiger partial charge in [0.05, 0.1) is 10.6 Å². The summed E-state index contributed by atoms with van der Waals surface area (Å²) >= 11 is 6.06. The van der Waals surface area contributed by atoms with Gasteiger partial charge >= 0.3 is 12.0 Å². The maximum absolute atomic E-state index is 11.7. The Bertz CT molecular complexity index is 937. The van der Waals surface area contributed by atoms with Crippen LogP contribution in [0.4, 0.5) is 4.79 Å². The number of barbiturate groups is 1. The van der Waals surface area contributed by atoms with Gasteiger partial charge in [-0.15, -0.1) is 0 Å². The predicted molar refractivity (Wildman–Crippen MR) is 85.8 cm³/mol. The molecule has 0 atom stereocenters. The van der Waals surface area contributed by atoms with Crippen molar-refractivity contribution in [2.24, 2.45) is 0 Å². The van der Waals surface area contributed by atoms with Crippen LogP contribution in [0, 0.1) is 0 Å². The molecule has 1 aromatic carbocycles. The summed E-state index contributed by atoms with van der Waals surface area (Å²) in [6.07, 6.45) is 1.16. The van der Waals surface area contributed by atoms with Gasteiger partial charge in [0.25, 0.3) is 11.8 Å². The molecule has 0 radical (unpaired) electrons. The second-order valence-corrected chi connectivity index (χ2v) is 5.40. The number of carbonyl (C=O) groups excluding carboxylic acids is 3. The number of furan rings is 1. The minimum Gasteiger partial charge on any atom is -0.478 e. The number of nitrogens with one attached hydrogen (secondary N) is 2. The molecule has 1 fully saturated rings. The minimum atomic E-state index is -1.12. The van der Waals surface area contributed by atoms with E-state index in [-0.39, 0.29) is 27.7 Å². The van der Waals surface area contributed by atoms with Crippen molar-refractivity contribution in [3.8, 4) is 11.3 Å². The molecule has 1 aliphatic heterocycles. The number of carboxylic acid groups (broad SMARTS) is 1. The lowest BCUT2D eigenvalue weighted by molar-refractivity contribution is -0.123. The van der Waals surface area contributed by atoms with Crippen LogP contribution in [0.1, 0.15) is 16.1 Å². The van der Waals surface area contributed by atoms with Gasteiger partial charge in [-0.3, -0.25) is 20.2 Å². The van der Waals surface area contributed by atoms with Crippen molar-refractivity contribution in [1.82, 2.24) is 10.6 Å². The molecule has 25 heavy (non-hydrogen) atoms. The summed E-state index contributed by atoms with van der Waals surface area (Å²) in [5.74, 6) is -2.41. The average Bonchev–Trinajstić information content (AvgIpc) is 2.99. The number of rotatable bonds is 3. The van der Waals surface area contributed by atoms with Crippen LogP contribution < -0.4 is 10.6 Å². The molecular formula is C16H9ClN2O6. The Morgan fingerprint density at radius 3 is 2.40 bits per heavy atom. The van der Waals surface area contributed by atoms with Gasteiger partial charge in [0, 0.05) is 5.56 Å². The van der Waals surface area contributed by atoms with Crippen LogP contribution in [-0.4, -0.2) is 28.9 Å². The van der Waals surface area contributed by atoms with Crippen molar-refractivity contribution in [1.29, 1.82) is 0 Å². The Kier molecular flexibility index (Phi) is 4.12. The number of carbonyl (C=O) groups is 4. The molecule has 0 saturated carbocycles. The lowest BCUT2D eigenvalue weighted by atomic mass is 10.1. The summed E-state index contributed by atoms with van der Waals surface area (Å²) in [6, 6.07) is 6.22. The summed E-state index contributed by atoms with van der Waals surface area (Å²) < 4.78 is 5.51. The Balaban J connectivity index is 1.96. The number of hydrogen-bond donors (Lipinski definition) is 3. The minimum absolute atomic E-state index is 0.0280. The highest BCUT2D eigenvalue weighted by molar-refractivity contribution is 6.33. The molecular weight excluding hydrogens is 352 g/mol. The number of benzene rings is 1. The second-order valence-electron chi connectivity index (χ2n) is 5.00. The molecule has 1 saturated heterocycles. The van der Waals surface area contributed by atoms with E-state index in [0.717, 1.165) is 6.08 Å². The fraction of sp³-hybridized carbons (Fsp3) is 0. The summed E-state index contributed by atoms with van der Waals surface area (Å²) in [5, 5.41) is 13.2. The van der Waals surface area contributed by atoms with E-state index in [9.17, 15) is 19.2 Å². The Labute approximate surface area is 145 Å². The summed E-state index contributed by atoms with van der Waals surface area (Å²) in [6.45, 7) is 0. The number of aromatic carboxylic acids is 1. The van der Waals surface area contributed by atoms with Gasteiger partial charge in [-0.05, 0) is 36.4 Å². The Hall–Kier alpha value is -3.39. The Morgan fingerprint density at radius 1 is 1.08 bits per heavy atom. The van der Waals surface area contributed by atoms with Crippen molar-refractivity contribution in [3.05, 3.63) is 52.3 Å². The van der Waals surface area contributed by atoms with Crippen LogP contribution in [0.25, 0.3) is 17.4 Å². The molecule has 3 N–H and O–H groups in total. The zero-order chi connectivity index (χ0) is 18.1. The first-order valence-corrected chi connectivity index (χ1v) is 7.24. The fourth-order valence-electron chi connectivity index (χ4n) is 2.17. The number of urea groups is 1. The van der Waals surface area contributed by atoms with Gasteiger partial charge in [-0.25, -0.2) is 9.59 Å². The molecule has 2 aromatic rings. The maximum atomic E-state index is 11.7. The lowest BCUT2D eigenvalue weighted by Gasteiger charge is -2.13. The third-order valence-corrected chi connectivity index (χ3v) is 3.67. The van der Waals surface area contributed by atoms with Gasteiger partial charge < -0.3 is 9.52 Å². The molecule has 0 spiro atoms. The highest BCUT2D eigenvalue weighted by Gasteiger charge is 2.28. The first-order chi connectivity index (χ1) is 11.8. The first-order valence-electron chi connectivity index (χ1n) is 6.86. The van der Waals surface area contributed by atoms with Gasteiger partial charge in [0.2, 0.25) is 0 Å². The molecule has 126 valence electrons.